The molecule has 33 heavy (non-hydrogen) atoms. The van der Waals surface area contributed by atoms with Crippen LogP contribution in [-0.4, -0.2) is 34.6 Å². The third kappa shape index (κ3) is 6.69. The van der Waals surface area contributed by atoms with Crippen molar-refractivity contribution in [1.29, 1.82) is 0 Å². The second-order valence-electron chi connectivity index (χ2n) is 7.27. The number of aryl methyl sites for hydroxylation is 1. The van der Waals surface area contributed by atoms with E-state index in [1.54, 1.807) is 28.9 Å². The average molecular weight is 504 g/mol. The second kappa shape index (κ2) is 10.5. The number of rotatable bonds is 9. The number of aromatic nitrogens is 2. The minimum absolute atomic E-state index is 0.227. The number of halogens is 6. The molecule has 1 heterocycles. The van der Waals surface area contributed by atoms with Gasteiger partial charge in [0.25, 0.3) is 5.91 Å². The quantitative estimate of drug-likeness (QED) is 0.353. The molecule has 0 unspecified atom stereocenters. The normalized spacial score (nSPS) is 11.8. The van der Waals surface area contributed by atoms with Crippen molar-refractivity contribution in [3.8, 4) is 0 Å². The summed E-state index contributed by atoms with van der Waals surface area (Å²) in [5.41, 5.74) is 2.19. The number of carbonyl (C=O) groups is 1. The molecule has 1 N–H and O–H groups in total. The highest BCUT2D eigenvalue weighted by Crippen LogP contribution is 2.24. The molecule has 3 aromatic rings. The first kappa shape index (κ1) is 25.0. The van der Waals surface area contributed by atoms with Gasteiger partial charge in [0.1, 0.15) is 6.61 Å². The van der Waals surface area contributed by atoms with Crippen molar-refractivity contribution in [3.05, 3.63) is 81.0 Å². The lowest BCUT2D eigenvalue weighted by Gasteiger charge is -2.15. The van der Waals surface area contributed by atoms with Gasteiger partial charge < -0.3 is 10.1 Å². The second-order valence-corrected chi connectivity index (χ2v) is 8.12. The highest BCUT2D eigenvalue weighted by Gasteiger charge is 2.40. The molecule has 2 aromatic carbocycles. The minimum Gasteiger partial charge on any atom is -0.370 e. The van der Waals surface area contributed by atoms with Gasteiger partial charge in [-0.25, -0.2) is 8.78 Å². The van der Waals surface area contributed by atoms with E-state index in [0.717, 1.165) is 11.3 Å². The number of benzene rings is 2. The summed E-state index contributed by atoms with van der Waals surface area (Å²) in [6.45, 7) is 0.419. The maximum Gasteiger partial charge on any atom is 0.330 e. The molecule has 0 aliphatic carbocycles. The molecule has 5 nitrogen and oxygen atoms in total. The SMILES string of the molecule is Cc1cc(NC(=O)c2cccc(COCC(F)(F)C(F)F)c2)nn1Cc1ccc(Cl)cc1Cl. The topological polar surface area (TPSA) is 56.1 Å². The summed E-state index contributed by atoms with van der Waals surface area (Å²) in [7, 11) is 0. The fourth-order valence-electron chi connectivity index (χ4n) is 2.90. The third-order valence-electron chi connectivity index (χ3n) is 4.63. The van der Waals surface area contributed by atoms with Gasteiger partial charge in [-0.2, -0.15) is 13.9 Å². The molecule has 1 amide bonds. The van der Waals surface area contributed by atoms with E-state index in [0.29, 0.717) is 28.0 Å². The molecule has 1 aromatic heterocycles. The highest BCUT2D eigenvalue weighted by molar-refractivity contribution is 6.35. The number of hydrogen-bond donors (Lipinski definition) is 1. The zero-order valence-electron chi connectivity index (χ0n) is 17.3. The molecular weight excluding hydrogens is 485 g/mol. The van der Waals surface area contributed by atoms with E-state index >= 15 is 0 Å². The Bertz CT molecular complexity index is 1140. The van der Waals surface area contributed by atoms with Crippen molar-refractivity contribution in [1.82, 2.24) is 9.78 Å². The molecule has 0 radical (unpaired) electrons. The van der Waals surface area contributed by atoms with Crippen LogP contribution in [0.5, 0.6) is 0 Å². The third-order valence-corrected chi connectivity index (χ3v) is 5.22. The van der Waals surface area contributed by atoms with Crippen molar-refractivity contribution in [3.63, 3.8) is 0 Å². The summed E-state index contributed by atoms with van der Waals surface area (Å²) in [5.74, 6) is -4.41. The van der Waals surface area contributed by atoms with Crippen LogP contribution in [0.1, 0.15) is 27.2 Å². The van der Waals surface area contributed by atoms with E-state index in [9.17, 15) is 22.4 Å². The lowest BCUT2D eigenvalue weighted by molar-refractivity contribution is -0.168. The Balaban J connectivity index is 1.63. The van der Waals surface area contributed by atoms with Crippen LogP contribution in [0, 0.1) is 6.92 Å². The summed E-state index contributed by atoms with van der Waals surface area (Å²) in [6, 6.07) is 12.8. The van der Waals surface area contributed by atoms with Gasteiger partial charge in [-0.1, -0.05) is 41.4 Å². The van der Waals surface area contributed by atoms with E-state index in [2.05, 4.69) is 10.4 Å². The smallest absolute Gasteiger partial charge is 0.330 e. The number of anilines is 1. The fourth-order valence-corrected chi connectivity index (χ4v) is 3.37. The predicted molar refractivity (Wildman–Crippen MR) is 118 cm³/mol. The molecule has 0 saturated heterocycles. The van der Waals surface area contributed by atoms with Crippen molar-refractivity contribution < 1.29 is 27.1 Å². The van der Waals surface area contributed by atoms with Crippen LogP contribution in [0.3, 0.4) is 0 Å². The number of hydrogen-bond acceptors (Lipinski definition) is 3. The Kier molecular flexibility index (Phi) is 7.99. The average Bonchev–Trinajstić information content (AvgIpc) is 3.08. The molecule has 0 atom stereocenters. The summed E-state index contributed by atoms with van der Waals surface area (Å²) >= 11 is 12.1. The molecular formula is C22H19Cl2F4N3O2. The lowest BCUT2D eigenvalue weighted by Crippen LogP contribution is -2.32. The van der Waals surface area contributed by atoms with Crippen LogP contribution in [0.2, 0.25) is 10.0 Å². The molecule has 3 rings (SSSR count). The van der Waals surface area contributed by atoms with Gasteiger partial charge in [0, 0.05) is 27.4 Å². The number of amides is 1. The molecule has 0 aliphatic heterocycles. The largest absolute Gasteiger partial charge is 0.370 e. The number of nitrogens with one attached hydrogen (secondary N) is 1. The number of alkyl halides is 4. The Morgan fingerprint density at radius 1 is 1.18 bits per heavy atom. The van der Waals surface area contributed by atoms with E-state index in [-0.39, 0.29) is 12.2 Å². The highest BCUT2D eigenvalue weighted by atomic mass is 35.5. The Labute approximate surface area is 197 Å². The first-order valence-electron chi connectivity index (χ1n) is 9.67. The molecule has 11 heteroatoms. The summed E-state index contributed by atoms with van der Waals surface area (Å²) < 4.78 is 56.7. The van der Waals surface area contributed by atoms with E-state index < -0.39 is 24.9 Å². The number of ether oxygens (including phenoxy) is 1. The van der Waals surface area contributed by atoms with Crippen molar-refractivity contribution in [2.45, 2.75) is 32.4 Å². The van der Waals surface area contributed by atoms with E-state index in [1.807, 2.05) is 6.92 Å². The molecule has 0 saturated carbocycles. The predicted octanol–water partition coefficient (Wildman–Crippen LogP) is 6.22. The van der Waals surface area contributed by atoms with Crippen LogP contribution >= 0.6 is 23.2 Å². The van der Waals surface area contributed by atoms with Crippen LogP contribution < -0.4 is 5.32 Å². The summed E-state index contributed by atoms with van der Waals surface area (Å²) in [4.78, 5) is 12.6. The van der Waals surface area contributed by atoms with Crippen LogP contribution in [0.15, 0.2) is 48.5 Å². The molecule has 0 spiro atoms. The molecule has 176 valence electrons. The standard InChI is InChI=1S/C22H19Cl2F4N3O2/c1-13-7-19(30-31(13)10-16-5-6-17(23)9-18(16)24)29-20(32)15-4-2-3-14(8-15)11-33-12-22(27,28)21(25)26/h2-9,21H,10-12H2,1H3,(H,29,30,32). The minimum atomic E-state index is -4.23. The van der Waals surface area contributed by atoms with Crippen LogP contribution in [0.25, 0.3) is 0 Å². The van der Waals surface area contributed by atoms with E-state index in [4.69, 9.17) is 27.9 Å². The van der Waals surface area contributed by atoms with Gasteiger partial charge in [0.05, 0.1) is 13.2 Å². The first-order valence-corrected chi connectivity index (χ1v) is 10.4. The van der Waals surface area contributed by atoms with Gasteiger partial charge >= 0.3 is 12.3 Å². The molecule has 0 bridgehead atoms. The van der Waals surface area contributed by atoms with Crippen LogP contribution in [0.4, 0.5) is 23.4 Å². The summed E-state index contributed by atoms with van der Waals surface area (Å²) in [5, 5.41) is 8.04. The molecule has 0 fully saturated rings. The summed E-state index contributed by atoms with van der Waals surface area (Å²) in [6.07, 6.45) is -3.81. The lowest BCUT2D eigenvalue weighted by atomic mass is 10.1. The van der Waals surface area contributed by atoms with Gasteiger partial charge in [-0.15, -0.1) is 0 Å². The van der Waals surface area contributed by atoms with Gasteiger partial charge in [-0.3, -0.25) is 9.48 Å². The van der Waals surface area contributed by atoms with E-state index in [1.165, 1.54) is 24.3 Å². The number of nitrogens with zero attached hydrogens (tertiary/aromatic N) is 2. The van der Waals surface area contributed by atoms with Crippen molar-refractivity contribution in [2.24, 2.45) is 0 Å². The van der Waals surface area contributed by atoms with Gasteiger partial charge in [0.15, 0.2) is 5.82 Å². The maximum absolute atomic E-state index is 12.9. The maximum atomic E-state index is 12.9. The van der Waals surface area contributed by atoms with Gasteiger partial charge in [0.2, 0.25) is 0 Å². The van der Waals surface area contributed by atoms with Crippen molar-refractivity contribution in [2.75, 3.05) is 11.9 Å². The zero-order valence-corrected chi connectivity index (χ0v) is 18.8. The monoisotopic (exact) mass is 503 g/mol. The van der Waals surface area contributed by atoms with Crippen molar-refractivity contribution >= 4 is 34.9 Å². The Hall–Kier alpha value is -2.62. The number of carbonyl (C=O) groups excluding carboxylic acids is 1. The Morgan fingerprint density at radius 2 is 1.94 bits per heavy atom. The zero-order chi connectivity index (χ0) is 24.2. The first-order chi connectivity index (χ1) is 15.5. The van der Waals surface area contributed by atoms with Crippen LogP contribution in [-0.2, 0) is 17.9 Å². The Morgan fingerprint density at radius 3 is 2.64 bits per heavy atom. The molecule has 0 aliphatic rings. The fraction of sp³-hybridized carbons (Fsp3) is 0.273. The van der Waals surface area contributed by atoms with Gasteiger partial charge in [-0.05, 0) is 42.3 Å².